The summed E-state index contributed by atoms with van der Waals surface area (Å²) >= 11 is 0. The number of hydrogen-bond donors (Lipinski definition) is 1. The third-order valence-electron chi connectivity index (χ3n) is 3.21. The molecule has 1 heterocycles. The van der Waals surface area contributed by atoms with Crippen LogP contribution in [-0.2, 0) is 0 Å². The maximum atomic E-state index is 12.9. The molecule has 0 aliphatic carbocycles. The lowest BCUT2D eigenvalue weighted by Gasteiger charge is -2.37. The molecule has 2 rings (SSSR count). The predicted molar refractivity (Wildman–Crippen MR) is 88.0 cm³/mol. The van der Waals surface area contributed by atoms with Gasteiger partial charge in [0, 0.05) is 46.0 Å². The molecule has 4 nitrogen and oxygen atoms in total. The second-order valence-electron chi connectivity index (χ2n) is 4.25. The van der Waals surface area contributed by atoms with E-state index in [0.717, 1.165) is 37.8 Å². The molecule has 0 unspecified atom stereocenters. The lowest BCUT2D eigenvalue weighted by molar-refractivity contribution is 0.375. The maximum absolute atomic E-state index is 12.9. The number of guanidine groups is 1. The first-order valence-corrected chi connectivity index (χ1v) is 6.14. The highest BCUT2D eigenvalue weighted by molar-refractivity contribution is 14.0. The van der Waals surface area contributed by atoms with E-state index in [-0.39, 0.29) is 29.8 Å². The monoisotopic (exact) mass is 378 g/mol. The molecule has 19 heavy (non-hydrogen) atoms. The molecule has 0 spiro atoms. The van der Waals surface area contributed by atoms with Crippen LogP contribution in [0.5, 0.6) is 0 Å². The maximum Gasteiger partial charge on any atom is 0.193 e. The van der Waals surface area contributed by atoms with E-state index in [1.165, 1.54) is 12.1 Å². The van der Waals surface area contributed by atoms with Gasteiger partial charge in [0.2, 0.25) is 0 Å². The molecule has 1 aromatic rings. The number of aliphatic imine (C=N–C) groups is 1. The second kappa shape index (κ2) is 7.52. The molecule has 0 bridgehead atoms. The summed E-state index contributed by atoms with van der Waals surface area (Å²) in [5, 5.41) is 3.09. The zero-order valence-corrected chi connectivity index (χ0v) is 13.6. The Morgan fingerprint density at radius 3 is 2.21 bits per heavy atom. The van der Waals surface area contributed by atoms with E-state index in [1.54, 1.807) is 7.05 Å². The molecule has 106 valence electrons. The minimum Gasteiger partial charge on any atom is -0.368 e. The Balaban J connectivity index is 0.00000180. The summed E-state index contributed by atoms with van der Waals surface area (Å²) in [4.78, 5) is 8.69. The van der Waals surface area contributed by atoms with Crippen molar-refractivity contribution in [2.24, 2.45) is 4.99 Å². The van der Waals surface area contributed by atoms with Crippen LogP contribution >= 0.6 is 24.0 Å². The standard InChI is InChI=1S/C13H19FN4.HI/c1-15-13(16-2)18-9-7-17(8-10-18)12-5-3-11(14)4-6-12;/h3-6H,7-10H2,1-2H3,(H,15,16);1H. The number of nitrogens with one attached hydrogen (secondary N) is 1. The molecule has 1 aromatic carbocycles. The third-order valence-corrected chi connectivity index (χ3v) is 3.21. The fourth-order valence-corrected chi connectivity index (χ4v) is 2.24. The zero-order valence-electron chi connectivity index (χ0n) is 11.3. The summed E-state index contributed by atoms with van der Waals surface area (Å²) in [5.74, 6) is 0.738. The second-order valence-corrected chi connectivity index (χ2v) is 4.25. The van der Waals surface area contributed by atoms with Gasteiger partial charge in [-0.25, -0.2) is 4.39 Å². The van der Waals surface area contributed by atoms with E-state index in [1.807, 2.05) is 19.2 Å². The van der Waals surface area contributed by atoms with Crippen LogP contribution < -0.4 is 10.2 Å². The Hall–Kier alpha value is -1.05. The van der Waals surface area contributed by atoms with E-state index in [4.69, 9.17) is 0 Å². The number of benzene rings is 1. The third kappa shape index (κ3) is 3.95. The topological polar surface area (TPSA) is 30.9 Å². The Kier molecular flexibility index (Phi) is 6.33. The summed E-state index contributed by atoms with van der Waals surface area (Å²) in [6, 6.07) is 6.68. The van der Waals surface area contributed by atoms with E-state index in [9.17, 15) is 4.39 Å². The lowest BCUT2D eigenvalue weighted by atomic mass is 10.2. The van der Waals surface area contributed by atoms with Crippen molar-refractivity contribution in [1.29, 1.82) is 0 Å². The fourth-order valence-electron chi connectivity index (χ4n) is 2.24. The van der Waals surface area contributed by atoms with Gasteiger partial charge in [-0.3, -0.25) is 4.99 Å². The van der Waals surface area contributed by atoms with Crippen LogP contribution in [0.3, 0.4) is 0 Å². The molecule has 0 saturated carbocycles. The zero-order chi connectivity index (χ0) is 13.0. The Morgan fingerprint density at radius 1 is 1.16 bits per heavy atom. The molecule has 0 atom stereocenters. The molecule has 6 heteroatoms. The number of rotatable bonds is 1. The highest BCUT2D eigenvalue weighted by atomic mass is 127. The smallest absolute Gasteiger partial charge is 0.193 e. The van der Waals surface area contributed by atoms with Crippen LogP contribution in [0, 0.1) is 5.82 Å². The number of halogens is 2. The summed E-state index contributed by atoms with van der Waals surface area (Å²) in [6.07, 6.45) is 0. The molecule has 1 fully saturated rings. The van der Waals surface area contributed by atoms with Crippen LogP contribution in [0.15, 0.2) is 29.3 Å². The van der Waals surface area contributed by atoms with Crippen molar-refractivity contribution >= 4 is 35.6 Å². The van der Waals surface area contributed by atoms with E-state index < -0.39 is 0 Å². The van der Waals surface area contributed by atoms with E-state index in [0.29, 0.717) is 0 Å². The van der Waals surface area contributed by atoms with Crippen molar-refractivity contribution in [3.63, 3.8) is 0 Å². The molecule has 1 aliphatic heterocycles. The van der Waals surface area contributed by atoms with Gasteiger partial charge in [0.1, 0.15) is 5.82 Å². The van der Waals surface area contributed by atoms with Crippen molar-refractivity contribution in [2.45, 2.75) is 0 Å². The first-order valence-electron chi connectivity index (χ1n) is 6.14. The minimum atomic E-state index is -0.187. The number of nitrogens with zero attached hydrogens (tertiary/aromatic N) is 3. The first kappa shape index (κ1) is 16.0. The van der Waals surface area contributed by atoms with E-state index >= 15 is 0 Å². The lowest BCUT2D eigenvalue weighted by Crippen LogP contribution is -2.51. The van der Waals surface area contributed by atoms with Gasteiger partial charge in [-0.05, 0) is 24.3 Å². The summed E-state index contributed by atoms with van der Waals surface area (Å²) < 4.78 is 12.9. The minimum absolute atomic E-state index is 0. The summed E-state index contributed by atoms with van der Waals surface area (Å²) in [7, 11) is 3.67. The number of anilines is 1. The summed E-state index contributed by atoms with van der Waals surface area (Å²) in [5.41, 5.74) is 1.08. The van der Waals surface area contributed by atoms with Crippen molar-refractivity contribution in [3.05, 3.63) is 30.1 Å². The quantitative estimate of drug-likeness (QED) is 0.459. The molecule has 0 aromatic heterocycles. The molecule has 1 aliphatic rings. The van der Waals surface area contributed by atoms with Gasteiger partial charge in [0.25, 0.3) is 0 Å². The van der Waals surface area contributed by atoms with Crippen LogP contribution in [-0.4, -0.2) is 51.1 Å². The molecule has 0 radical (unpaired) electrons. The Morgan fingerprint density at radius 2 is 1.74 bits per heavy atom. The molecule has 1 saturated heterocycles. The predicted octanol–water partition coefficient (Wildman–Crippen LogP) is 1.77. The van der Waals surface area contributed by atoms with E-state index in [2.05, 4.69) is 20.1 Å². The molecular formula is C13H20FIN4. The van der Waals surface area contributed by atoms with Gasteiger partial charge in [0.05, 0.1) is 0 Å². The van der Waals surface area contributed by atoms with Crippen LogP contribution in [0.25, 0.3) is 0 Å². The average molecular weight is 378 g/mol. The average Bonchev–Trinajstić information content (AvgIpc) is 2.42. The van der Waals surface area contributed by atoms with Gasteiger partial charge in [-0.1, -0.05) is 0 Å². The number of piperazine rings is 1. The summed E-state index contributed by atoms with van der Waals surface area (Å²) in [6.45, 7) is 3.69. The Labute approximate surface area is 130 Å². The van der Waals surface area contributed by atoms with Crippen LogP contribution in [0.1, 0.15) is 0 Å². The van der Waals surface area contributed by atoms with Crippen molar-refractivity contribution < 1.29 is 4.39 Å². The van der Waals surface area contributed by atoms with Gasteiger partial charge < -0.3 is 15.1 Å². The fraction of sp³-hybridized carbons (Fsp3) is 0.462. The highest BCUT2D eigenvalue weighted by Gasteiger charge is 2.18. The largest absolute Gasteiger partial charge is 0.368 e. The molecule has 0 amide bonds. The van der Waals surface area contributed by atoms with Crippen molar-refractivity contribution in [2.75, 3.05) is 45.2 Å². The Bertz CT molecular complexity index is 413. The molecular weight excluding hydrogens is 358 g/mol. The number of hydrogen-bond acceptors (Lipinski definition) is 2. The SMILES string of the molecule is CN=C(NC)N1CCN(c2ccc(F)cc2)CC1.I. The van der Waals surface area contributed by atoms with Gasteiger partial charge >= 0.3 is 0 Å². The van der Waals surface area contributed by atoms with Crippen LogP contribution in [0.4, 0.5) is 10.1 Å². The van der Waals surface area contributed by atoms with Gasteiger partial charge in [-0.2, -0.15) is 0 Å². The normalized spacial score (nSPS) is 16.1. The first-order chi connectivity index (χ1) is 8.74. The van der Waals surface area contributed by atoms with Crippen molar-refractivity contribution in [1.82, 2.24) is 10.2 Å². The van der Waals surface area contributed by atoms with Gasteiger partial charge in [0.15, 0.2) is 5.96 Å². The van der Waals surface area contributed by atoms with Crippen LogP contribution in [0.2, 0.25) is 0 Å². The van der Waals surface area contributed by atoms with Crippen molar-refractivity contribution in [3.8, 4) is 0 Å². The van der Waals surface area contributed by atoms with Gasteiger partial charge in [-0.15, -0.1) is 24.0 Å². The highest BCUT2D eigenvalue weighted by Crippen LogP contribution is 2.16. The molecule has 1 N–H and O–H groups in total.